The van der Waals surface area contributed by atoms with E-state index in [4.69, 9.17) is 17.3 Å². The molecular weight excluding hydrogens is 466 g/mol. The zero-order valence-electron chi connectivity index (χ0n) is 16.7. The van der Waals surface area contributed by atoms with Crippen molar-refractivity contribution in [1.82, 2.24) is 9.88 Å². The summed E-state index contributed by atoms with van der Waals surface area (Å²) >= 11 is 6.21. The minimum atomic E-state index is -4.81. The molecule has 1 aromatic heterocycles. The van der Waals surface area contributed by atoms with Crippen LogP contribution in [0.5, 0.6) is 5.75 Å². The van der Waals surface area contributed by atoms with E-state index in [0.29, 0.717) is 47.0 Å². The van der Waals surface area contributed by atoms with Crippen molar-refractivity contribution in [3.05, 3.63) is 65.3 Å². The van der Waals surface area contributed by atoms with Gasteiger partial charge in [-0.3, -0.25) is 4.79 Å². The average Bonchev–Trinajstić information content (AvgIpc) is 3.11. The number of ether oxygens (including phenoxy) is 1. The molecule has 2 aromatic carbocycles. The molecule has 0 aliphatic carbocycles. The van der Waals surface area contributed by atoms with Crippen LogP contribution in [0, 0.1) is 0 Å². The number of nitrogens with zero attached hydrogens (tertiary/aromatic N) is 1. The molecule has 0 spiro atoms. The fraction of sp³-hybridized carbons (Fsp3) is 0.227. The first kappa shape index (κ1) is 24.0. The van der Waals surface area contributed by atoms with Gasteiger partial charge >= 0.3 is 6.36 Å². The summed E-state index contributed by atoms with van der Waals surface area (Å²) in [6.07, 6.45) is -4.19. The van der Waals surface area contributed by atoms with E-state index in [-0.39, 0.29) is 30.1 Å². The van der Waals surface area contributed by atoms with Gasteiger partial charge in [0.15, 0.2) is 0 Å². The molecule has 0 saturated heterocycles. The summed E-state index contributed by atoms with van der Waals surface area (Å²) in [6, 6.07) is 14.4. The van der Waals surface area contributed by atoms with Gasteiger partial charge in [-0.1, -0.05) is 35.9 Å². The number of rotatable bonds is 5. The van der Waals surface area contributed by atoms with Gasteiger partial charge in [0.2, 0.25) is 0 Å². The largest absolute Gasteiger partial charge is 0.573 e. The molecular formula is C22H20Cl2F3N3O2. The number of hydrogen-bond donors (Lipinski definition) is 2. The lowest BCUT2D eigenvalue weighted by Gasteiger charge is -2.28. The van der Waals surface area contributed by atoms with Crippen LogP contribution in [0.15, 0.2) is 54.6 Å². The van der Waals surface area contributed by atoms with Crippen LogP contribution in [-0.4, -0.2) is 29.9 Å². The topological polar surface area (TPSA) is 69.3 Å². The number of hydrogen-bond acceptors (Lipinski definition) is 3. The van der Waals surface area contributed by atoms with Gasteiger partial charge in [0.05, 0.1) is 11.7 Å². The predicted octanol–water partition coefficient (Wildman–Crippen LogP) is 5.43. The zero-order chi connectivity index (χ0) is 22.2. The second-order valence-electron chi connectivity index (χ2n) is 7.19. The van der Waals surface area contributed by atoms with Crippen molar-refractivity contribution in [3.8, 4) is 28.1 Å². The van der Waals surface area contributed by atoms with Gasteiger partial charge in [0.25, 0.3) is 5.91 Å². The summed E-state index contributed by atoms with van der Waals surface area (Å²) in [5, 5.41) is 3.36. The van der Waals surface area contributed by atoms with E-state index in [0.717, 1.165) is 5.56 Å². The molecule has 10 heteroatoms. The molecule has 32 heavy (non-hydrogen) atoms. The molecule has 5 nitrogen and oxygen atoms in total. The highest BCUT2D eigenvalue weighted by molar-refractivity contribution is 6.30. The Bertz CT molecular complexity index is 1130. The van der Waals surface area contributed by atoms with Gasteiger partial charge in [0, 0.05) is 22.7 Å². The van der Waals surface area contributed by atoms with Gasteiger partial charge in [-0.25, -0.2) is 0 Å². The number of carbonyl (C=O) groups excluding carboxylic acids is 1. The molecule has 0 unspecified atom stereocenters. The molecule has 3 aromatic rings. The molecule has 4 rings (SSSR count). The molecule has 1 amide bonds. The molecule has 1 aliphatic heterocycles. The predicted molar refractivity (Wildman–Crippen MR) is 119 cm³/mol. The Hall–Kier alpha value is -2.68. The number of nitrogens with two attached hydrogens (primary N) is 1. The van der Waals surface area contributed by atoms with Gasteiger partial charge < -0.3 is 20.4 Å². The normalized spacial score (nSPS) is 15.5. The second-order valence-corrected chi connectivity index (χ2v) is 7.63. The first-order valence-electron chi connectivity index (χ1n) is 9.62. The van der Waals surface area contributed by atoms with Crippen LogP contribution in [0.4, 0.5) is 13.2 Å². The molecule has 3 N–H and O–H groups in total. The van der Waals surface area contributed by atoms with E-state index in [2.05, 4.69) is 10.1 Å². The van der Waals surface area contributed by atoms with Crippen molar-refractivity contribution >= 4 is 29.9 Å². The summed E-state index contributed by atoms with van der Waals surface area (Å²) in [5.41, 5.74) is 8.72. The van der Waals surface area contributed by atoms with Crippen molar-refractivity contribution in [3.63, 3.8) is 0 Å². The fourth-order valence-corrected chi connectivity index (χ4v) is 4.10. The number of alkyl halides is 3. The maximum absolute atomic E-state index is 12.7. The SMILES string of the molecule is Cl.NCC[C@H]1CNC(=O)c2cc(-c3cccc(OC(F)(F)F)c3)c(-c3cccc(Cl)c3)n21. The number of carbonyl (C=O) groups is 1. The number of aromatic nitrogens is 1. The Balaban J connectivity index is 0.00000289. The average molecular weight is 486 g/mol. The highest BCUT2D eigenvalue weighted by Crippen LogP contribution is 2.41. The van der Waals surface area contributed by atoms with E-state index in [1.807, 2.05) is 10.6 Å². The van der Waals surface area contributed by atoms with Crippen molar-refractivity contribution in [2.45, 2.75) is 18.8 Å². The molecule has 0 fully saturated rings. The van der Waals surface area contributed by atoms with Crippen molar-refractivity contribution < 1.29 is 22.7 Å². The van der Waals surface area contributed by atoms with Gasteiger partial charge in [0.1, 0.15) is 11.4 Å². The second kappa shape index (κ2) is 9.44. The Morgan fingerprint density at radius 1 is 1.12 bits per heavy atom. The van der Waals surface area contributed by atoms with Crippen molar-refractivity contribution in [2.24, 2.45) is 5.73 Å². The number of fused-ring (bicyclic) bond motifs is 1. The van der Waals surface area contributed by atoms with E-state index < -0.39 is 6.36 Å². The van der Waals surface area contributed by atoms with E-state index in [1.54, 1.807) is 30.3 Å². The van der Waals surface area contributed by atoms with Crippen LogP contribution in [0.3, 0.4) is 0 Å². The molecule has 1 aliphatic rings. The van der Waals surface area contributed by atoms with Gasteiger partial charge in [-0.15, -0.1) is 25.6 Å². The van der Waals surface area contributed by atoms with Crippen LogP contribution in [-0.2, 0) is 0 Å². The fourth-order valence-electron chi connectivity index (χ4n) is 3.91. The monoisotopic (exact) mass is 485 g/mol. The Morgan fingerprint density at radius 3 is 2.53 bits per heavy atom. The van der Waals surface area contributed by atoms with E-state index in [9.17, 15) is 18.0 Å². The smallest absolute Gasteiger partial charge is 0.406 e. The summed E-state index contributed by atoms with van der Waals surface area (Å²) in [6.45, 7) is 0.819. The standard InChI is InChI=1S/C22H19ClF3N3O2.ClH/c23-15-5-1-4-14(9-15)20-18(13-3-2-6-17(10-13)31-22(24,25)26)11-19-21(30)28-12-16(7-8-27)29(19)20;/h1-6,9-11,16H,7-8,12,27H2,(H,28,30);1H/t16-;/m0./s1. The maximum atomic E-state index is 12.7. The van der Waals surface area contributed by atoms with E-state index >= 15 is 0 Å². The Kier molecular flexibility index (Phi) is 7.07. The molecule has 1 atom stereocenters. The first-order valence-corrected chi connectivity index (χ1v) is 10.0. The molecule has 2 heterocycles. The lowest BCUT2D eigenvalue weighted by molar-refractivity contribution is -0.274. The summed E-state index contributed by atoms with van der Waals surface area (Å²) < 4.78 is 44.2. The van der Waals surface area contributed by atoms with E-state index in [1.165, 1.54) is 18.2 Å². The third-order valence-corrected chi connectivity index (χ3v) is 5.34. The zero-order valence-corrected chi connectivity index (χ0v) is 18.2. The summed E-state index contributed by atoms with van der Waals surface area (Å²) in [5.74, 6) is -0.598. The Morgan fingerprint density at radius 2 is 1.84 bits per heavy atom. The third-order valence-electron chi connectivity index (χ3n) is 5.11. The minimum absolute atomic E-state index is 0. The Labute approximate surface area is 193 Å². The minimum Gasteiger partial charge on any atom is -0.406 e. The third kappa shape index (κ3) is 4.87. The van der Waals surface area contributed by atoms with Crippen LogP contribution in [0.2, 0.25) is 5.02 Å². The van der Waals surface area contributed by atoms with Crippen molar-refractivity contribution in [1.29, 1.82) is 0 Å². The highest BCUT2D eigenvalue weighted by Gasteiger charge is 2.32. The molecule has 0 bridgehead atoms. The number of halogens is 5. The van der Waals surface area contributed by atoms with Crippen molar-refractivity contribution in [2.75, 3.05) is 13.1 Å². The van der Waals surface area contributed by atoms with Crippen LogP contribution < -0.4 is 15.8 Å². The number of amides is 1. The molecule has 0 saturated carbocycles. The summed E-state index contributed by atoms with van der Waals surface area (Å²) in [7, 11) is 0. The lowest BCUT2D eigenvalue weighted by atomic mass is 10.0. The maximum Gasteiger partial charge on any atom is 0.573 e. The summed E-state index contributed by atoms with van der Waals surface area (Å²) in [4.78, 5) is 12.6. The van der Waals surface area contributed by atoms with Gasteiger partial charge in [-0.05, 0) is 48.9 Å². The number of nitrogens with one attached hydrogen (secondary N) is 1. The quantitative estimate of drug-likeness (QED) is 0.506. The molecule has 0 radical (unpaired) electrons. The lowest BCUT2D eigenvalue weighted by Crippen LogP contribution is -2.39. The van der Waals surface area contributed by atoms with Crippen LogP contribution in [0.25, 0.3) is 22.4 Å². The van der Waals surface area contributed by atoms with Gasteiger partial charge in [-0.2, -0.15) is 0 Å². The number of benzene rings is 2. The molecule has 170 valence electrons. The first-order chi connectivity index (χ1) is 14.8. The highest BCUT2D eigenvalue weighted by atomic mass is 35.5. The van der Waals surface area contributed by atoms with Crippen LogP contribution >= 0.6 is 24.0 Å². The van der Waals surface area contributed by atoms with Crippen LogP contribution in [0.1, 0.15) is 23.0 Å².